The van der Waals surface area contributed by atoms with E-state index in [9.17, 15) is 0 Å². The van der Waals surface area contributed by atoms with Gasteiger partial charge in [0, 0.05) is 44.5 Å². The van der Waals surface area contributed by atoms with E-state index in [1.165, 1.54) is 30.9 Å². The number of rotatable bonds is 6. The van der Waals surface area contributed by atoms with E-state index >= 15 is 0 Å². The van der Waals surface area contributed by atoms with Gasteiger partial charge in [0.05, 0.1) is 12.2 Å². The molecule has 24 heavy (non-hydrogen) atoms. The van der Waals surface area contributed by atoms with E-state index in [4.69, 9.17) is 0 Å². The topological polar surface area (TPSA) is 24.3 Å². The minimum atomic E-state index is 0.541. The summed E-state index contributed by atoms with van der Waals surface area (Å²) in [6.07, 6.45) is 1.15. The summed E-state index contributed by atoms with van der Waals surface area (Å²) in [5, 5.41) is 4.60. The Morgan fingerprint density at radius 3 is 2.38 bits per heavy atom. The second-order valence-corrected chi connectivity index (χ2v) is 7.07. The highest BCUT2D eigenvalue weighted by atomic mass is 15.3. The lowest BCUT2D eigenvalue weighted by atomic mass is 10.1. The van der Waals surface area contributed by atoms with Crippen LogP contribution < -0.4 is 0 Å². The van der Waals surface area contributed by atoms with Crippen molar-refractivity contribution in [2.75, 3.05) is 32.7 Å². The van der Waals surface area contributed by atoms with Gasteiger partial charge in [0.1, 0.15) is 0 Å². The van der Waals surface area contributed by atoms with Gasteiger partial charge < -0.3 is 4.90 Å². The molecule has 130 valence electrons. The molecule has 0 spiro atoms. The molecule has 1 atom stereocenters. The molecule has 4 nitrogen and oxygen atoms in total. The van der Waals surface area contributed by atoms with E-state index in [1.54, 1.807) is 0 Å². The first-order chi connectivity index (χ1) is 11.6. The second kappa shape index (κ2) is 7.95. The van der Waals surface area contributed by atoms with Gasteiger partial charge >= 0.3 is 0 Å². The Morgan fingerprint density at radius 1 is 1.04 bits per heavy atom. The molecule has 0 saturated carbocycles. The van der Waals surface area contributed by atoms with Crippen molar-refractivity contribution in [2.24, 2.45) is 0 Å². The maximum Gasteiger partial charge on any atom is 0.0596 e. The van der Waals surface area contributed by atoms with E-state index in [0.29, 0.717) is 6.04 Å². The fourth-order valence-electron chi connectivity index (χ4n) is 3.59. The molecular formula is C20H30N4. The fourth-order valence-corrected chi connectivity index (χ4v) is 3.59. The first kappa shape index (κ1) is 17.2. The van der Waals surface area contributed by atoms with Crippen LogP contribution in [0.4, 0.5) is 0 Å². The third-order valence-corrected chi connectivity index (χ3v) is 5.13. The molecule has 0 unspecified atom stereocenters. The maximum absolute atomic E-state index is 4.60. The second-order valence-electron chi connectivity index (χ2n) is 7.07. The quantitative estimate of drug-likeness (QED) is 0.816. The summed E-state index contributed by atoms with van der Waals surface area (Å²) in [5.74, 6) is 0. The molecule has 0 bridgehead atoms. The molecule has 1 fully saturated rings. The van der Waals surface area contributed by atoms with Crippen molar-refractivity contribution in [3.05, 3.63) is 53.3 Å². The van der Waals surface area contributed by atoms with Gasteiger partial charge in [-0.1, -0.05) is 30.3 Å². The Hall–Kier alpha value is -1.65. The number of piperazine rings is 1. The Bertz CT molecular complexity index is 626. The Labute approximate surface area is 146 Å². The molecule has 1 aliphatic heterocycles. The van der Waals surface area contributed by atoms with Crippen LogP contribution in [-0.4, -0.2) is 58.3 Å². The Kier molecular flexibility index (Phi) is 5.69. The van der Waals surface area contributed by atoms with Gasteiger partial charge in [-0.05, 0) is 38.8 Å². The number of benzene rings is 1. The van der Waals surface area contributed by atoms with Crippen LogP contribution in [0, 0.1) is 13.8 Å². The highest BCUT2D eigenvalue weighted by Gasteiger charge is 2.21. The van der Waals surface area contributed by atoms with Crippen molar-refractivity contribution in [3.63, 3.8) is 0 Å². The van der Waals surface area contributed by atoms with Crippen LogP contribution in [0.2, 0.25) is 0 Å². The highest BCUT2D eigenvalue weighted by Crippen LogP contribution is 2.11. The number of aryl methyl sites for hydroxylation is 2. The Morgan fingerprint density at radius 2 is 1.75 bits per heavy atom. The minimum Gasteiger partial charge on any atom is -0.300 e. The van der Waals surface area contributed by atoms with Crippen molar-refractivity contribution in [2.45, 2.75) is 39.8 Å². The SMILES string of the molecule is Cc1cc(C)n(C[C@H](C)N2CCN(CCc3ccccc3)CC2)n1. The summed E-state index contributed by atoms with van der Waals surface area (Å²) < 4.78 is 2.15. The van der Waals surface area contributed by atoms with Crippen molar-refractivity contribution >= 4 is 0 Å². The predicted octanol–water partition coefficient (Wildman–Crippen LogP) is 2.75. The fraction of sp³-hybridized carbons (Fsp3) is 0.550. The van der Waals surface area contributed by atoms with E-state index in [0.717, 1.165) is 31.7 Å². The molecule has 0 N–H and O–H groups in total. The average Bonchev–Trinajstić information content (AvgIpc) is 2.91. The standard InChI is InChI=1S/C20H30N4/c1-17-15-18(2)24(21-17)16-19(3)23-13-11-22(12-14-23)10-9-20-7-5-4-6-8-20/h4-8,15,19H,9-14,16H2,1-3H3/t19-/m0/s1. The smallest absolute Gasteiger partial charge is 0.0596 e. The van der Waals surface area contributed by atoms with Crippen molar-refractivity contribution in [1.82, 2.24) is 19.6 Å². The summed E-state index contributed by atoms with van der Waals surface area (Å²) >= 11 is 0. The largest absolute Gasteiger partial charge is 0.300 e. The lowest BCUT2D eigenvalue weighted by Crippen LogP contribution is -2.50. The lowest BCUT2D eigenvalue weighted by molar-refractivity contribution is 0.0942. The molecule has 4 heteroatoms. The van der Waals surface area contributed by atoms with Gasteiger partial charge in [-0.25, -0.2) is 0 Å². The molecule has 0 radical (unpaired) electrons. The third-order valence-electron chi connectivity index (χ3n) is 5.13. The van der Waals surface area contributed by atoms with Gasteiger partial charge in [-0.15, -0.1) is 0 Å². The van der Waals surface area contributed by atoms with Crippen LogP contribution in [0.25, 0.3) is 0 Å². The summed E-state index contributed by atoms with van der Waals surface area (Å²) in [4.78, 5) is 5.20. The monoisotopic (exact) mass is 326 g/mol. The third kappa shape index (κ3) is 4.46. The molecule has 1 saturated heterocycles. The number of hydrogen-bond acceptors (Lipinski definition) is 3. The zero-order valence-corrected chi connectivity index (χ0v) is 15.3. The van der Waals surface area contributed by atoms with Gasteiger partial charge in [-0.2, -0.15) is 5.10 Å². The molecule has 2 aromatic rings. The average molecular weight is 326 g/mol. The van der Waals surface area contributed by atoms with Crippen LogP contribution >= 0.6 is 0 Å². The Balaban J connectivity index is 1.43. The lowest BCUT2D eigenvalue weighted by Gasteiger charge is -2.38. The van der Waals surface area contributed by atoms with Gasteiger partial charge in [-0.3, -0.25) is 9.58 Å². The van der Waals surface area contributed by atoms with Crippen LogP contribution in [0.1, 0.15) is 23.9 Å². The molecular weight excluding hydrogens is 296 g/mol. The number of hydrogen-bond donors (Lipinski definition) is 0. The molecule has 1 aromatic heterocycles. The molecule has 1 aliphatic rings. The van der Waals surface area contributed by atoms with Crippen LogP contribution in [0.3, 0.4) is 0 Å². The number of aromatic nitrogens is 2. The first-order valence-electron chi connectivity index (χ1n) is 9.13. The minimum absolute atomic E-state index is 0.541. The number of nitrogens with zero attached hydrogens (tertiary/aromatic N) is 4. The van der Waals surface area contributed by atoms with Crippen LogP contribution in [-0.2, 0) is 13.0 Å². The van der Waals surface area contributed by atoms with E-state index in [2.05, 4.69) is 76.7 Å². The zero-order chi connectivity index (χ0) is 16.9. The van der Waals surface area contributed by atoms with E-state index in [-0.39, 0.29) is 0 Å². The maximum atomic E-state index is 4.60. The van der Waals surface area contributed by atoms with Gasteiger partial charge in [0.15, 0.2) is 0 Å². The normalized spacial score (nSPS) is 18.0. The van der Waals surface area contributed by atoms with Crippen LogP contribution in [0.15, 0.2) is 36.4 Å². The van der Waals surface area contributed by atoms with Crippen molar-refractivity contribution in [3.8, 4) is 0 Å². The molecule has 1 aromatic carbocycles. The molecule has 0 aliphatic carbocycles. The van der Waals surface area contributed by atoms with Crippen LogP contribution in [0.5, 0.6) is 0 Å². The van der Waals surface area contributed by atoms with Gasteiger partial charge in [0.2, 0.25) is 0 Å². The molecule has 0 amide bonds. The van der Waals surface area contributed by atoms with Crippen molar-refractivity contribution < 1.29 is 0 Å². The summed E-state index contributed by atoms with van der Waals surface area (Å²) in [5.41, 5.74) is 3.82. The summed E-state index contributed by atoms with van der Waals surface area (Å²) in [7, 11) is 0. The highest BCUT2D eigenvalue weighted by molar-refractivity contribution is 5.14. The summed E-state index contributed by atoms with van der Waals surface area (Å²) in [6.45, 7) is 13.4. The van der Waals surface area contributed by atoms with E-state index < -0.39 is 0 Å². The molecule has 3 rings (SSSR count). The zero-order valence-electron chi connectivity index (χ0n) is 15.3. The van der Waals surface area contributed by atoms with Gasteiger partial charge in [0.25, 0.3) is 0 Å². The predicted molar refractivity (Wildman–Crippen MR) is 99.3 cm³/mol. The van der Waals surface area contributed by atoms with Crippen molar-refractivity contribution in [1.29, 1.82) is 0 Å². The van der Waals surface area contributed by atoms with E-state index in [1.807, 2.05) is 0 Å². The summed E-state index contributed by atoms with van der Waals surface area (Å²) in [6, 6.07) is 13.5. The first-order valence-corrected chi connectivity index (χ1v) is 9.13. The molecule has 2 heterocycles.